The average molecular weight is 243 g/mol. The highest BCUT2D eigenvalue weighted by atomic mass is 16.5. The first-order valence-corrected chi connectivity index (χ1v) is 5.41. The second-order valence-electron chi connectivity index (χ2n) is 3.64. The molecule has 0 fully saturated rings. The molecule has 0 saturated carbocycles. The maximum atomic E-state index is 10.9. The Morgan fingerprint density at radius 2 is 1.61 bits per heavy atom. The fourth-order valence-corrected chi connectivity index (χ4v) is 1.52. The van der Waals surface area contributed by atoms with Gasteiger partial charge in [0, 0.05) is 5.56 Å². The van der Waals surface area contributed by atoms with E-state index in [4.69, 9.17) is 15.2 Å². The molecule has 0 aliphatic rings. The summed E-state index contributed by atoms with van der Waals surface area (Å²) in [6.07, 6.45) is 0. The van der Waals surface area contributed by atoms with Crippen molar-refractivity contribution in [3.63, 3.8) is 0 Å². The van der Waals surface area contributed by atoms with Gasteiger partial charge in [-0.1, -0.05) is 12.1 Å². The molecule has 18 heavy (non-hydrogen) atoms. The molecule has 2 aromatic carbocycles. The number of rotatable bonds is 4. The highest BCUT2D eigenvalue weighted by Gasteiger charge is 2.05. The van der Waals surface area contributed by atoms with E-state index in [2.05, 4.69) is 0 Å². The maximum Gasteiger partial charge on any atom is 0.248 e. The molecule has 0 bridgehead atoms. The fourth-order valence-electron chi connectivity index (χ4n) is 1.52. The Morgan fingerprint density at radius 1 is 1.00 bits per heavy atom. The molecule has 92 valence electrons. The van der Waals surface area contributed by atoms with Crippen molar-refractivity contribution in [2.24, 2.45) is 5.73 Å². The van der Waals surface area contributed by atoms with Gasteiger partial charge in [-0.15, -0.1) is 0 Å². The van der Waals surface area contributed by atoms with Crippen LogP contribution in [0.3, 0.4) is 0 Å². The molecule has 0 aromatic heterocycles. The van der Waals surface area contributed by atoms with Gasteiger partial charge >= 0.3 is 0 Å². The van der Waals surface area contributed by atoms with Crippen molar-refractivity contribution in [1.82, 2.24) is 0 Å². The van der Waals surface area contributed by atoms with Crippen molar-refractivity contribution in [1.29, 1.82) is 0 Å². The third-order valence-corrected chi connectivity index (χ3v) is 2.44. The summed E-state index contributed by atoms with van der Waals surface area (Å²) in [7, 11) is 1.58. The lowest BCUT2D eigenvalue weighted by Gasteiger charge is -2.09. The Kier molecular flexibility index (Phi) is 3.48. The third kappa shape index (κ3) is 2.60. The zero-order valence-electron chi connectivity index (χ0n) is 9.92. The van der Waals surface area contributed by atoms with Crippen LogP contribution >= 0.6 is 0 Å². The van der Waals surface area contributed by atoms with Crippen molar-refractivity contribution in [2.45, 2.75) is 0 Å². The van der Waals surface area contributed by atoms with Gasteiger partial charge in [0.15, 0.2) is 11.5 Å². The van der Waals surface area contributed by atoms with Gasteiger partial charge in [-0.05, 0) is 36.4 Å². The van der Waals surface area contributed by atoms with Crippen LogP contribution in [0.2, 0.25) is 0 Å². The summed E-state index contributed by atoms with van der Waals surface area (Å²) < 4.78 is 10.8. The SMILES string of the molecule is COc1ccccc1Oc1ccc(C(N)=O)cc1. The second kappa shape index (κ2) is 5.23. The highest BCUT2D eigenvalue weighted by Crippen LogP contribution is 2.30. The van der Waals surface area contributed by atoms with Crippen LogP contribution in [0.15, 0.2) is 48.5 Å². The molecule has 0 spiro atoms. The van der Waals surface area contributed by atoms with Gasteiger partial charge in [0.2, 0.25) is 5.91 Å². The van der Waals surface area contributed by atoms with Gasteiger partial charge in [-0.25, -0.2) is 0 Å². The van der Waals surface area contributed by atoms with Crippen LogP contribution < -0.4 is 15.2 Å². The van der Waals surface area contributed by atoms with Crippen LogP contribution in [-0.2, 0) is 0 Å². The Balaban J connectivity index is 2.21. The lowest BCUT2D eigenvalue weighted by atomic mass is 10.2. The molecule has 4 nitrogen and oxygen atoms in total. The van der Waals surface area contributed by atoms with Gasteiger partial charge in [0.1, 0.15) is 5.75 Å². The predicted octanol–water partition coefficient (Wildman–Crippen LogP) is 2.59. The molecule has 0 unspecified atom stereocenters. The normalized spacial score (nSPS) is 9.83. The van der Waals surface area contributed by atoms with Crippen LogP contribution in [0.5, 0.6) is 17.2 Å². The molecule has 0 heterocycles. The number of nitrogens with two attached hydrogens (primary N) is 1. The summed E-state index contributed by atoms with van der Waals surface area (Å²) in [5.74, 6) is 1.42. The van der Waals surface area contributed by atoms with Crippen molar-refractivity contribution in [3.8, 4) is 17.2 Å². The van der Waals surface area contributed by atoms with Crippen LogP contribution in [0, 0.1) is 0 Å². The minimum absolute atomic E-state index is 0.447. The lowest BCUT2D eigenvalue weighted by Crippen LogP contribution is -2.10. The van der Waals surface area contributed by atoms with Gasteiger partial charge in [0.05, 0.1) is 7.11 Å². The quantitative estimate of drug-likeness (QED) is 0.897. The smallest absolute Gasteiger partial charge is 0.248 e. The Bertz CT molecular complexity index is 549. The van der Waals surface area contributed by atoms with Crippen molar-refractivity contribution in [2.75, 3.05) is 7.11 Å². The van der Waals surface area contributed by atoms with E-state index < -0.39 is 5.91 Å². The number of hydrogen-bond donors (Lipinski definition) is 1. The molecular formula is C14H13NO3. The first-order chi connectivity index (χ1) is 8.70. The van der Waals surface area contributed by atoms with Crippen LogP contribution in [0.25, 0.3) is 0 Å². The van der Waals surface area contributed by atoms with Crippen molar-refractivity contribution >= 4 is 5.91 Å². The van der Waals surface area contributed by atoms with Crippen molar-refractivity contribution < 1.29 is 14.3 Å². The molecule has 4 heteroatoms. The molecule has 2 rings (SSSR count). The predicted molar refractivity (Wildman–Crippen MR) is 68.0 cm³/mol. The third-order valence-electron chi connectivity index (χ3n) is 2.44. The highest BCUT2D eigenvalue weighted by molar-refractivity contribution is 5.92. The van der Waals surface area contributed by atoms with E-state index in [1.807, 2.05) is 18.2 Å². The number of para-hydroxylation sites is 2. The van der Waals surface area contributed by atoms with E-state index in [-0.39, 0.29) is 0 Å². The number of carbonyl (C=O) groups is 1. The zero-order chi connectivity index (χ0) is 13.0. The summed E-state index contributed by atoms with van der Waals surface area (Å²) in [6, 6.07) is 13.9. The van der Waals surface area contributed by atoms with E-state index in [1.165, 1.54) is 0 Å². The molecule has 1 amide bonds. The summed E-state index contributed by atoms with van der Waals surface area (Å²) in [4.78, 5) is 10.9. The number of carbonyl (C=O) groups excluding carboxylic acids is 1. The molecule has 0 saturated heterocycles. The summed E-state index contributed by atoms with van der Waals surface area (Å²) >= 11 is 0. The molecule has 2 aromatic rings. The van der Waals surface area contributed by atoms with E-state index in [0.29, 0.717) is 22.8 Å². The maximum absolute atomic E-state index is 10.9. The fraction of sp³-hybridized carbons (Fsp3) is 0.0714. The monoisotopic (exact) mass is 243 g/mol. The first-order valence-electron chi connectivity index (χ1n) is 5.41. The largest absolute Gasteiger partial charge is 0.493 e. The second-order valence-corrected chi connectivity index (χ2v) is 3.64. The molecule has 2 N–H and O–H groups in total. The average Bonchev–Trinajstić information content (AvgIpc) is 2.40. The number of benzene rings is 2. The van der Waals surface area contributed by atoms with E-state index in [9.17, 15) is 4.79 Å². The standard InChI is InChI=1S/C14H13NO3/c1-17-12-4-2-3-5-13(12)18-11-8-6-10(7-9-11)14(15)16/h2-9H,1H3,(H2,15,16). The summed E-state index contributed by atoms with van der Waals surface area (Å²) in [5.41, 5.74) is 5.61. The Morgan fingerprint density at radius 3 is 2.17 bits per heavy atom. The Hall–Kier alpha value is -2.49. The topological polar surface area (TPSA) is 61.6 Å². The minimum atomic E-state index is -0.459. The molecule has 0 aliphatic carbocycles. The number of hydrogen-bond acceptors (Lipinski definition) is 3. The minimum Gasteiger partial charge on any atom is -0.493 e. The molecule has 0 radical (unpaired) electrons. The lowest BCUT2D eigenvalue weighted by molar-refractivity contribution is 0.100. The number of amides is 1. The van der Waals surface area contributed by atoms with Crippen LogP contribution in [0.1, 0.15) is 10.4 Å². The molecule has 0 aliphatic heterocycles. The van der Waals surface area contributed by atoms with Gasteiger partial charge in [-0.2, -0.15) is 0 Å². The van der Waals surface area contributed by atoms with E-state index in [0.717, 1.165) is 0 Å². The number of methoxy groups -OCH3 is 1. The van der Waals surface area contributed by atoms with E-state index >= 15 is 0 Å². The first kappa shape index (κ1) is 12.0. The summed E-state index contributed by atoms with van der Waals surface area (Å²) in [5, 5.41) is 0. The molecule has 0 atom stereocenters. The summed E-state index contributed by atoms with van der Waals surface area (Å²) in [6.45, 7) is 0. The van der Waals surface area contributed by atoms with Crippen LogP contribution in [-0.4, -0.2) is 13.0 Å². The van der Waals surface area contributed by atoms with Crippen LogP contribution in [0.4, 0.5) is 0 Å². The van der Waals surface area contributed by atoms with Gasteiger partial charge in [0.25, 0.3) is 0 Å². The Labute approximate surface area is 105 Å². The van der Waals surface area contributed by atoms with Gasteiger partial charge in [-0.3, -0.25) is 4.79 Å². The number of primary amides is 1. The van der Waals surface area contributed by atoms with E-state index in [1.54, 1.807) is 37.4 Å². The number of ether oxygens (including phenoxy) is 2. The zero-order valence-corrected chi connectivity index (χ0v) is 9.92. The van der Waals surface area contributed by atoms with Gasteiger partial charge < -0.3 is 15.2 Å². The van der Waals surface area contributed by atoms with Crippen molar-refractivity contribution in [3.05, 3.63) is 54.1 Å². The molecular weight excluding hydrogens is 230 g/mol.